The zero-order chi connectivity index (χ0) is 78.4. The molecule has 8 N–H and O–H groups in total. The molecule has 8 aromatic carbocycles. The molecule has 0 saturated carbocycles. The molecule has 38 heteroatoms. The summed E-state index contributed by atoms with van der Waals surface area (Å²) in [6.07, 6.45) is 0. The number of ether oxygens (including phenoxy) is 5. The van der Waals surface area contributed by atoms with Gasteiger partial charge in [0.1, 0.15) is 0 Å². The Hall–Kier alpha value is -16.6. The molecule has 0 aliphatic carbocycles. The lowest BCUT2D eigenvalue weighted by atomic mass is 9.89. The summed E-state index contributed by atoms with van der Waals surface area (Å²) >= 11 is 0. The quantitative estimate of drug-likeness (QED) is 0.0296. The van der Waals surface area contributed by atoms with Crippen LogP contribution in [0.3, 0.4) is 0 Å². The smallest absolute Gasteiger partial charge is 0.346 e. The standard InChI is InChI=1S/C17H6O7.C14H4O6.C10H6O8.C10H2O6.C9H6O6.C9H4O5.4CH4/c18-13(7-1-3-9-11(5-7)16(21)23-14(9)19)8-2-4-10-12(6-8)17(22)24-15(10)20;15-11-5-1-2-6-10-8(14(18)20-12(6)16)4-3-7(9(5)10)13(17)19-11;11-7(12)3-1-4(8(13)14)6(10(17)18)2-5(3)9(15)16;11-7-3-1-4-6(10(14)16-8(4)12)2-5(3)9(13)15-7;10-7(11)4-1-2-5(8(12)13)6(3-4)9(14)15;10-7(11)4-1-2-5-6(3-4)9(13)14-8(5)12;;;;/h1-6H;1-4H;1-2H,(H,11,12)(H,13,14)(H,15,16)(H,17,18);1-2H;1-3H,(H,10,11)(H,12,13)(H,14,15);1-3H,(H,10,11);4*1H4. The number of furan rings is 2. The first kappa shape index (κ1) is 83.4. The molecule has 111 heavy (non-hydrogen) atoms. The van der Waals surface area contributed by atoms with Gasteiger partial charge in [0, 0.05) is 21.9 Å². The number of esters is 10. The molecule has 2 aromatic heterocycles. The van der Waals surface area contributed by atoms with Crippen LogP contribution in [0.15, 0.2) is 149 Å². The number of carbonyl (C=O) groups is 19. The van der Waals surface area contributed by atoms with Crippen molar-refractivity contribution in [1.82, 2.24) is 0 Å². The van der Waals surface area contributed by atoms with Gasteiger partial charge in [-0.25, -0.2) is 105 Å². The number of aromatic carboxylic acids is 8. The molecule has 10 aromatic rings. The molecule has 15 rings (SSSR count). The van der Waals surface area contributed by atoms with Crippen LogP contribution >= 0.6 is 0 Å². The van der Waals surface area contributed by atoms with Gasteiger partial charge in [0.2, 0.25) is 0 Å². The maximum absolute atomic E-state index is 12.5. The summed E-state index contributed by atoms with van der Waals surface area (Å²) in [5.41, 5.74) is -6.47. The van der Waals surface area contributed by atoms with Crippen LogP contribution in [-0.2, 0) is 23.7 Å². The number of rotatable bonds is 10. The number of fused-ring (bicyclic) bond motifs is 5. The molecule has 0 bridgehead atoms. The van der Waals surface area contributed by atoms with Gasteiger partial charge in [0.05, 0.1) is 122 Å². The third-order valence-electron chi connectivity index (χ3n) is 15.3. The first-order valence-corrected chi connectivity index (χ1v) is 28.7. The van der Waals surface area contributed by atoms with Crippen molar-refractivity contribution >= 4 is 146 Å². The lowest BCUT2D eigenvalue weighted by molar-refractivity contribution is 0.0366. The highest BCUT2D eigenvalue weighted by molar-refractivity contribution is 6.29. The summed E-state index contributed by atoms with van der Waals surface area (Å²) in [5, 5.41) is 70.0. The number of hydrogen-bond donors (Lipinski definition) is 8. The van der Waals surface area contributed by atoms with Gasteiger partial charge in [-0.2, -0.15) is 0 Å². The van der Waals surface area contributed by atoms with E-state index >= 15 is 0 Å². The first-order valence-electron chi connectivity index (χ1n) is 28.7. The largest absolute Gasteiger partial charge is 0.478 e. The number of ketones is 1. The van der Waals surface area contributed by atoms with E-state index in [-0.39, 0.29) is 140 Å². The Labute approximate surface area is 611 Å². The first-order chi connectivity index (χ1) is 50.4. The Morgan fingerprint density at radius 1 is 0.207 bits per heavy atom. The van der Waals surface area contributed by atoms with Crippen LogP contribution < -0.4 is 22.5 Å². The predicted molar refractivity (Wildman–Crippen MR) is 364 cm³/mol. The minimum absolute atomic E-state index is 0. The minimum Gasteiger partial charge on any atom is -0.478 e. The van der Waals surface area contributed by atoms with Crippen LogP contribution in [0, 0.1) is 0 Å². The lowest BCUT2D eigenvalue weighted by Crippen LogP contribution is -2.25. The van der Waals surface area contributed by atoms with E-state index in [2.05, 4.69) is 32.5 Å². The van der Waals surface area contributed by atoms with Gasteiger partial charge in [-0.05, 0) is 109 Å². The summed E-state index contributed by atoms with van der Waals surface area (Å²) in [5.74, 6) is -20.3. The van der Waals surface area contributed by atoms with Gasteiger partial charge in [0.25, 0.3) is 0 Å². The van der Waals surface area contributed by atoms with Crippen molar-refractivity contribution in [3.05, 3.63) is 274 Å². The molecule has 0 unspecified atom stereocenters. The summed E-state index contributed by atoms with van der Waals surface area (Å²) in [7, 11) is 0. The molecule has 0 atom stereocenters. The maximum atomic E-state index is 12.5. The van der Waals surface area contributed by atoms with Gasteiger partial charge >= 0.3 is 130 Å². The Morgan fingerprint density at radius 2 is 0.414 bits per heavy atom. The second-order valence-electron chi connectivity index (χ2n) is 21.5. The van der Waals surface area contributed by atoms with E-state index in [1.807, 2.05) is 0 Å². The summed E-state index contributed by atoms with van der Waals surface area (Å²) in [4.78, 5) is 258. The van der Waals surface area contributed by atoms with Gasteiger partial charge in [-0.15, -0.1) is 0 Å². The van der Waals surface area contributed by atoms with Gasteiger partial charge in [0.15, 0.2) is 5.78 Å². The van der Waals surface area contributed by atoms with Crippen LogP contribution in [0.25, 0.3) is 32.3 Å². The highest BCUT2D eigenvalue weighted by Gasteiger charge is 2.37. The molecule has 5 aliphatic rings. The lowest BCUT2D eigenvalue weighted by Gasteiger charge is -2.21. The number of cyclic esters (lactones) is 10. The SMILES string of the molecule is C.C.C.C.O=C(O)c1cc(C(=O)O)c(C(=O)O)cc1C(=O)O.O=C(O)c1ccc(C(=O)O)c(C(=O)O)c1.O=C(O)c1ccc2c(c1)C(=O)OC2=O.O=C(c1ccc2c(c1)C(=O)OC2=O)c1ccc2c(c1)C(=O)OC2=O.O=C1OC(=O)c2ccc3c4c(ccc1c24)C(=O)OC3=O.O=c1oc(=O)c2cc3c(=O)oc(=O)c3cc12. The van der Waals surface area contributed by atoms with E-state index in [1.54, 1.807) is 0 Å². The molecule has 0 fully saturated rings. The number of carbonyl (C=O) groups excluding carboxylic acids is 11. The second-order valence-corrected chi connectivity index (χ2v) is 21.5. The number of carboxylic acids is 8. The number of carboxylic acid groups (broad SMARTS) is 8. The van der Waals surface area contributed by atoms with Crippen molar-refractivity contribution in [3.63, 3.8) is 0 Å². The zero-order valence-corrected chi connectivity index (χ0v) is 51.9. The van der Waals surface area contributed by atoms with Crippen LogP contribution in [0.4, 0.5) is 0 Å². The Morgan fingerprint density at radius 3 is 0.676 bits per heavy atom. The fourth-order valence-corrected chi connectivity index (χ4v) is 10.4. The van der Waals surface area contributed by atoms with Crippen molar-refractivity contribution in [1.29, 1.82) is 0 Å². The zero-order valence-electron chi connectivity index (χ0n) is 51.9. The van der Waals surface area contributed by atoms with E-state index in [1.165, 1.54) is 72.8 Å². The third kappa shape index (κ3) is 15.9. The summed E-state index contributed by atoms with van der Waals surface area (Å²) in [6.45, 7) is 0. The molecular formula is C73H44O38. The van der Waals surface area contributed by atoms with Crippen LogP contribution in [0.1, 0.15) is 232 Å². The number of hydrogen-bond acceptors (Lipinski definition) is 30. The van der Waals surface area contributed by atoms with Crippen LogP contribution in [0.5, 0.6) is 0 Å². The minimum atomic E-state index is -1.66. The average Bonchev–Trinajstić information content (AvgIpc) is 1.66. The Balaban J connectivity index is 0.000000208. The average molecular weight is 1530 g/mol. The van der Waals surface area contributed by atoms with E-state index in [4.69, 9.17) is 40.9 Å². The fraction of sp³-hybridized carbons (Fsp3) is 0.0548. The van der Waals surface area contributed by atoms with Crippen LogP contribution in [-0.4, -0.2) is 154 Å². The highest BCUT2D eigenvalue weighted by Crippen LogP contribution is 2.37. The third-order valence-corrected chi connectivity index (χ3v) is 15.3. The van der Waals surface area contributed by atoms with E-state index in [9.17, 15) is 110 Å². The highest BCUT2D eigenvalue weighted by atomic mass is 16.6. The molecule has 0 spiro atoms. The molecule has 0 amide bonds. The summed E-state index contributed by atoms with van der Waals surface area (Å²) < 4.78 is 31.1. The number of benzene rings is 8. The van der Waals surface area contributed by atoms with Crippen molar-refractivity contribution < 1.29 is 164 Å². The second kappa shape index (κ2) is 32.2. The normalized spacial score (nSPS) is 12.4. The molecule has 564 valence electrons. The van der Waals surface area contributed by atoms with Crippen molar-refractivity contribution in [2.75, 3.05) is 0 Å². The van der Waals surface area contributed by atoms with Crippen molar-refractivity contribution in [2.24, 2.45) is 0 Å². The maximum Gasteiger partial charge on any atom is 0.346 e. The van der Waals surface area contributed by atoms with Crippen molar-refractivity contribution in [3.8, 4) is 0 Å². The molecule has 5 aliphatic heterocycles. The molecular weight excluding hydrogens is 1480 g/mol. The van der Waals surface area contributed by atoms with Gasteiger partial charge in [-0.1, -0.05) is 41.8 Å². The van der Waals surface area contributed by atoms with E-state index in [0.717, 1.165) is 36.4 Å². The fourth-order valence-electron chi connectivity index (χ4n) is 10.4. The molecule has 0 saturated heterocycles. The molecule has 7 heterocycles. The topological polar surface area (TPSA) is 627 Å². The molecule has 38 nitrogen and oxygen atoms in total. The summed E-state index contributed by atoms with van der Waals surface area (Å²) in [6, 6.07) is 23.3. The van der Waals surface area contributed by atoms with Gasteiger partial charge < -0.3 is 73.4 Å². The predicted octanol–water partition coefficient (Wildman–Crippen LogP) is 7.00. The Bertz CT molecular complexity index is 5700. The Kier molecular flexibility index (Phi) is 24.2. The van der Waals surface area contributed by atoms with E-state index in [0.29, 0.717) is 12.1 Å². The monoisotopic (exact) mass is 1530 g/mol. The van der Waals surface area contributed by atoms with Crippen molar-refractivity contribution in [2.45, 2.75) is 29.7 Å². The van der Waals surface area contributed by atoms with Crippen LogP contribution in [0.2, 0.25) is 0 Å². The molecule has 0 radical (unpaired) electrons. The van der Waals surface area contributed by atoms with Gasteiger partial charge in [-0.3, -0.25) is 4.79 Å². The van der Waals surface area contributed by atoms with E-state index < -0.39 is 169 Å².